The second-order valence-electron chi connectivity index (χ2n) is 5.95. The van der Waals surface area contributed by atoms with Gasteiger partial charge >= 0.3 is 0 Å². The molecule has 0 heterocycles. The lowest BCUT2D eigenvalue weighted by molar-refractivity contribution is 0.102. The highest BCUT2D eigenvalue weighted by atomic mass is 127. The minimum atomic E-state index is -0.268. The average molecular weight is 508 g/mol. The number of ether oxygens (including phenoxy) is 2. The van der Waals surface area contributed by atoms with Gasteiger partial charge in [0.05, 0.1) is 11.6 Å². The molecular weight excluding hydrogens is 489 g/mol. The van der Waals surface area contributed by atoms with Crippen LogP contribution in [0.4, 0.5) is 5.69 Å². The molecule has 6 heteroatoms. The van der Waals surface area contributed by atoms with Crippen molar-refractivity contribution in [2.75, 3.05) is 11.9 Å². The third kappa shape index (κ3) is 5.39. The summed E-state index contributed by atoms with van der Waals surface area (Å²) in [4.78, 5) is 12.7. The Bertz CT molecular complexity index is 946. The van der Waals surface area contributed by atoms with Crippen molar-refractivity contribution in [2.24, 2.45) is 0 Å². The largest absolute Gasteiger partial charge is 0.488 e. The predicted molar refractivity (Wildman–Crippen MR) is 121 cm³/mol. The maximum Gasteiger partial charge on any atom is 0.255 e. The molecule has 0 fully saturated rings. The van der Waals surface area contributed by atoms with Crippen molar-refractivity contribution >= 4 is 45.8 Å². The first-order chi connectivity index (χ1) is 13.6. The molecule has 0 bridgehead atoms. The third-order valence-electron chi connectivity index (χ3n) is 3.90. The van der Waals surface area contributed by atoms with Gasteiger partial charge in [0.15, 0.2) is 11.5 Å². The molecule has 0 unspecified atom stereocenters. The number of carbonyl (C=O) groups is 1. The van der Waals surface area contributed by atoms with E-state index in [0.717, 1.165) is 9.13 Å². The van der Waals surface area contributed by atoms with Crippen molar-refractivity contribution in [2.45, 2.75) is 13.5 Å². The van der Waals surface area contributed by atoms with Crippen LogP contribution in [0.1, 0.15) is 22.8 Å². The van der Waals surface area contributed by atoms with Crippen LogP contribution in [-0.4, -0.2) is 12.5 Å². The topological polar surface area (TPSA) is 47.6 Å². The minimum Gasteiger partial charge on any atom is -0.488 e. The van der Waals surface area contributed by atoms with Crippen molar-refractivity contribution in [3.05, 3.63) is 86.4 Å². The van der Waals surface area contributed by atoms with Crippen LogP contribution in [0.3, 0.4) is 0 Å². The summed E-state index contributed by atoms with van der Waals surface area (Å²) in [5, 5.41) is 3.20. The summed E-state index contributed by atoms with van der Waals surface area (Å²) < 4.78 is 12.6. The number of anilines is 1. The number of hydrogen-bond acceptors (Lipinski definition) is 3. The van der Waals surface area contributed by atoms with E-state index in [4.69, 9.17) is 21.1 Å². The van der Waals surface area contributed by atoms with Crippen molar-refractivity contribution < 1.29 is 14.3 Å². The van der Waals surface area contributed by atoms with Gasteiger partial charge in [0.1, 0.15) is 6.61 Å². The molecule has 0 aliphatic rings. The van der Waals surface area contributed by atoms with E-state index in [-0.39, 0.29) is 5.91 Å². The lowest BCUT2D eigenvalue weighted by Crippen LogP contribution is -2.12. The number of amides is 1. The monoisotopic (exact) mass is 507 g/mol. The Morgan fingerprint density at radius 2 is 1.75 bits per heavy atom. The number of halogens is 2. The Morgan fingerprint density at radius 3 is 2.43 bits per heavy atom. The Morgan fingerprint density at radius 1 is 1.04 bits per heavy atom. The van der Waals surface area contributed by atoms with Crippen LogP contribution >= 0.6 is 34.2 Å². The van der Waals surface area contributed by atoms with Gasteiger partial charge in [-0.1, -0.05) is 41.9 Å². The number of hydrogen-bond donors (Lipinski definition) is 1. The van der Waals surface area contributed by atoms with Crippen LogP contribution in [0, 0.1) is 3.57 Å². The number of benzene rings is 3. The lowest BCUT2D eigenvalue weighted by atomic mass is 10.1. The Labute approximate surface area is 183 Å². The normalized spacial score (nSPS) is 10.4. The molecule has 0 saturated carbocycles. The molecule has 3 aromatic carbocycles. The summed E-state index contributed by atoms with van der Waals surface area (Å²) >= 11 is 8.59. The van der Waals surface area contributed by atoms with Gasteiger partial charge in [0.25, 0.3) is 5.91 Å². The highest BCUT2D eigenvalue weighted by Gasteiger charge is 2.17. The zero-order valence-corrected chi connectivity index (χ0v) is 18.2. The van der Waals surface area contributed by atoms with E-state index in [0.29, 0.717) is 41.0 Å². The minimum absolute atomic E-state index is 0.268. The molecule has 0 aliphatic carbocycles. The lowest BCUT2D eigenvalue weighted by Gasteiger charge is -2.15. The second kappa shape index (κ2) is 9.80. The summed E-state index contributed by atoms with van der Waals surface area (Å²) in [5.41, 5.74) is 2.12. The first-order valence-electron chi connectivity index (χ1n) is 8.77. The summed E-state index contributed by atoms with van der Waals surface area (Å²) in [7, 11) is 0. The molecule has 0 spiro atoms. The first-order valence-corrected chi connectivity index (χ1v) is 10.2. The zero-order valence-electron chi connectivity index (χ0n) is 15.2. The Kier molecular flexibility index (Phi) is 7.17. The summed E-state index contributed by atoms with van der Waals surface area (Å²) in [6.45, 7) is 2.66. The van der Waals surface area contributed by atoms with Gasteiger partial charge < -0.3 is 14.8 Å². The Balaban J connectivity index is 1.83. The maximum absolute atomic E-state index is 12.7. The van der Waals surface area contributed by atoms with Gasteiger partial charge in [-0.25, -0.2) is 0 Å². The van der Waals surface area contributed by atoms with Gasteiger partial charge in [-0.15, -0.1) is 0 Å². The Hall–Kier alpha value is -2.25. The molecular formula is C22H19ClINO3. The van der Waals surface area contributed by atoms with E-state index in [9.17, 15) is 4.79 Å². The summed E-state index contributed by atoms with van der Waals surface area (Å²) in [6, 6.07) is 20.6. The molecule has 3 rings (SSSR count). The quantitative estimate of drug-likeness (QED) is 0.389. The van der Waals surface area contributed by atoms with E-state index < -0.39 is 0 Å². The molecule has 1 amide bonds. The molecule has 3 aromatic rings. The van der Waals surface area contributed by atoms with E-state index in [1.54, 1.807) is 12.1 Å². The molecule has 0 aliphatic heterocycles. The van der Waals surface area contributed by atoms with Crippen LogP contribution in [-0.2, 0) is 6.61 Å². The molecule has 28 heavy (non-hydrogen) atoms. The van der Waals surface area contributed by atoms with Crippen molar-refractivity contribution in [3.63, 3.8) is 0 Å². The summed E-state index contributed by atoms with van der Waals surface area (Å²) in [6.07, 6.45) is 0. The highest BCUT2D eigenvalue weighted by Crippen LogP contribution is 2.37. The van der Waals surface area contributed by atoms with Crippen LogP contribution in [0.25, 0.3) is 0 Å². The van der Waals surface area contributed by atoms with Gasteiger partial charge in [-0.3, -0.25) is 4.79 Å². The predicted octanol–water partition coefficient (Wildman–Crippen LogP) is 6.17. The number of carbonyl (C=O) groups excluding carboxylic acids is 1. The number of rotatable bonds is 7. The standard InChI is InChI=1S/C22H19ClINO3/c1-2-27-21-19(23)12-16(22(26)25-18-10-8-17(24)9-11-18)13-20(21)28-14-15-6-4-3-5-7-15/h3-13H,2,14H2,1H3,(H,25,26). The maximum atomic E-state index is 12.7. The van der Waals surface area contributed by atoms with Crippen LogP contribution in [0.5, 0.6) is 11.5 Å². The average Bonchev–Trinajstić information content (AvgIpc) is 2.70. The SMILES string of the molecule is CCOc1c(Cl)cc(C(=O)Nc2ccc(I)cc2)cc1OCc1ccccc1. The molecule has 0 atom stereocenters. The van der Waals surface area contributed by atoms with Gasteiger partial charge in [0, 0.05) is 14.8 Å². The fourth-order valence-corrected chi connectivity index (χ4v) is 3.19. The van der Waals surface area contributed by atoms with E-state index in [1.807, 2.05) is 61.5 Å². The highest BCUT2D eigenvalue weighted by molar-refractivity contribution is 14.1. The molecule has 0 radical (unpaired) electrons. The zero-order chi connectivity index (χ0) is 19.9. The molecule has 4 nitrogen and oxygen atoms in total. The van der Waals surface area contributed by atoms with Crippen LogP contribution in [0.15, 0.2) is 66.7 Å². The van der Waals surface area contributed by atoms with Gasteiger partial charge in [-0.2, -0.15) is 0 Å². The second-order valence-corrected chi connectivity index (χ2v) is 7.61. The van der Waals surface area contributed by atoms with E-state index in [2.05, 4.69) is 27.9 Å². The smallest absolute Gasteiger partial charge is 0.255 e. The molecule has 0 saturated heterocycles. The van der Waals surface area contributed by atoms with Gasteiger partial charge in [-0.05, 0) is 71.5 Å². The van der Waals surface area contributed by atoms with Crippen LogP contribution < -0.4 is 14.8 Å². The molecule has 144 valence electrons. The van der Waals surface area contributed by atoms with Crippen molar-refractivity contribution in [1.82, 2.24) is 0 Å². The van der Waals surface area contributed by atoms with Gasteiger partial charge in [0.2, 0.25) is 0 Å². The van der Waals surface area contributed by atoms with Crippen molar-refractivity contribution in [3.8, 4) is 11.5 Å². The first kappa shape index (κ1) is 20.5. The summed E-state index contributed by atoms with van der Waals surface area (Å²) in [5.74, 6) is 0.604. The van der Waals surface area contributed by atoms with E-state index >= 15 is 0 Å². The molecule has 0 aromatic heterocycles. The third-order valence-corrected chi connectivity index (χ3v) is 4.90. The molecule has 1 N–H and O–H groups in total. The van der Waals surface area contributed by atoms with Crippen molar-refractivity contribution in [1.29, 1.82) is 0 Å². The van der Waals surface area contributed by atoms with Crippen LogP contribution in [0.2, 0.25) is 5.02 Å². The fourth-order valence-electron chi connectivity index (χ4n) is 2.56. The fraction of sp³-hybridized carbons (Fsp3) is 0.136. The number of nitrogens with one attached hydrogen (secondary N) is 1. The van der Waals surface area contributed by atoms with E-state index in [1.165, 1.54) is 0 Å².